The summed E-state index contributed by atoms with van der Waals surface area (Å²) in [5.74, 6) is 1.92. The number of thiocarbonyl (C=S) groups is 1. The van der Waals surface area contributed by atoms with E-state index < -0.39 is 0 Å². The Balaban J connectivity index is 2.30. The third-order valence-electron chi connectivity index (χ3n) is 2.03. The molecule has 0 saturated carbocycles. The lowest BCUT2D eigenvalue weighted by Crippen LogP contribution is -2.29. The van der Waals surface area contributed by atoms with E-state index in [0.29, 0.717) is 5.11 Å². The SMILES string of the molecule is CN1C(=O)C2CSCN2C1=S. The van der Waals surface area contributed by atoms with E-state index in [9.17, 15) is 4.79 Å². The van der Waals surface area contributed by atoms with Crippen LogP contribution in [-0.2, 0) is 4.79 Å². The molecule has 0 aliphatic carbocycles. The Morgan fingerprint density at radius 1 is 1.73 bits per heavy atom. The molecule has 1 unspecified atom stereocenters. The molecule has 2 saturated heterocycles. The monoisotopic (exact) mass is 188 g/mol. The van der Waals surface area contributed by atoms with Gasteiger partial charge in [0.1, 0.15) is 6.04 Å². The maximum absolute atomic E-state index is 11.4. The second kappa shape index (κ2) is 2.35. The second-order valence-electron chi connectivity index (χ2n) is 2.67. The normalized spacial score (nSPS) is 30.1. The van der Waals surface area contributed by atoms with Gasteiger partial charge in [0.05, 0.1) is 5.88 Å². The molecule has 2 aliphatic rings. The maximum atomic E-state index is 11.4. The highest BCUT2D eigenvalue weighted by Gasteiger charge is 2.43. The van der Waals surface area contributed by atoms with Gasteiger partial charge < -0.3 is 4.90 Å². The fraction of sp³-hybridized carbons (Fsp3) is 0.667. The molecular weight excluding hydrogens is 180 g/mol. The number of thioether (sulfide) groups is 1. The zero-order valence-corrected chi connectivity index (χ0v) is 7.74. The standard InChI is InChI=1S/C6H8N2OS2/c1-7-5(9)4-2-11-3-8(4)6(7)10/h4H,2-3H2,1H3. The van der Waals surface area contributed by atoms with Crippen LogP contribution in [0.15, 0.2) is 0 Å². The van der Waals surface area contributed by atoms with Crippen LogP contribution in [0.3, 0.4) is 0 Å². The first kappa shape index (κ1) is 7.36. The van der Waals surface area contributed by atoms with Gasteiger partial charge in [-0.05, 0) is 12.2 Å². The maximum Gasteiger partial charge on any atom is 0.252 e. The van der Waals surface area contributed by atoms with E-state index >= 15 is 0 Å². The Bertz CT molecular complexity index is 209. The highest BCUT2D eigenvalue weighted by Crippen LogP contribution is 2.28. The Labute approximate surface area is 74.7 Å². The number of rotatable bonds is 0. The average molecular weight is 188 g/mol. The van der Waals surface area contributed by atoms with Crippen LogP contribution in [0.5, 0.6) is 0 Å². The number of carbonyl (C=O) groups is 1. The first-order chi connectivity index (χ1) is 5.22. The fourth-order valence-corrected chi connectivity index (χ4v) is 2.86. The van der Waals surface area contributed by atoms with Gasteiger partial charge in [-0.3, -0.25) is 9.69 Å². The van der Waals surface area contributed by atoms with Gasteiger partial charge in [-0.2, -0.15) is 0 Å². The van der Waals surface area contributed by atoms with Crippen LogP contribution in [0.2, 0.25) is 0 Å². The molecule has 1 atom stereocenters. The minimum Gasteiger partial charge on any atom is -0.327 e. The Kier molecular flexibility index (Phi) is 1.57. The number of carbonyl (C=O) groups excluding carboxylic acids is 1. The third kappa shape index (κ3) is 0.873. The lowest BCUT2D eigenvalue weighted by Gasteiger charge is -2.13. The highest BCUT2D eigenvalue weighted by atomic mass is 32.2. The Hall–Kier alpha value is -0.290. The molecule has 1 amide bonds. The summed E-state index contributed by atoms with van der Waals surface area (Å²) in [6, 6.07) is 0.0394. The van der Waals surface area contributed by atoms with Gasteiger partial charge in [0, 0.05) is 12.8 Å². The molecule has 60 valence electrons. The van der Waals surface area contributed by atoms with E-state index in [2.05, 4.69) is 0 Å². The quantitative estimate of drug-likeness (QED) is 0.504. The van der Waals surface area contributed by atoms with Crippen molar-refractivity contribution in [3.05, 3.63) is 0 Å². The summed E-state index contributed by atoms with van der Waals surface area (Å²) in [5.41, 5.74) is 0. The largest absolute Gasteiger partial charge is 0.327 e. The van der Waals surface area contributed by atoms with Gasteiger partial charge >= 0.3 is 0 Å². The summed E-state index contributed by atoms with van der Waals surface area (Å²) in [4.78, 5) is 14.9. The molecule has 2 rings (SSSR count). The summed E-state index contributed by atoms with van der Waals surface area (Å²) in [5, 5.41) is 0.685. The first-order valence-corrected chi connectivity index (χ1v) is 4.94. The van der Waals surface area contributed by atoms with Crippen LogP contribution in [-0.4, -0.2) is 45.5 Å². The van der Waals surface area contributed by atoms with E-state index in [-0.39, 0.29) is 11.9 Å². The van der Waals surface area contributed by atoms with Crippen molar-refractivity contribution < 1.29 is 4.79 Å². The molecule has 2 heterocycles. The molecule has 0 bridgehead atoms. The van der Waals surface area contributed by atoms with Crippen molar-refractivity contribution >= 4 is 35.0 Å². The van der Waals surface area contributed by atoms with Crippen molar-refractivity contribution in [2.75, 3.05) is 18.7 Å². The van der Waals surface area contributed by atoms with Gasteiger partial charge in [-0.1, -0.05) is 0 Å². The van der Waals surface area contributed by atoms with Crippen molar-refractivity contribution in [3.8, 4) is 0 Å². The van der Waals surface area contributed by atoms with Crippen LogP contribution < -0.4 is 0 Å². The molecule has 2 fully saturated rings. The molecule has 0 aromatic carbocycles. The summed E-state index contributed by atoms with van der Waals surface area (Å²) in [6.07, 6.45) is 0. The van der Waals surface area contributed by atoms with Crippen LogP contribution in [0, 0.1) is 0 Å². The van der Waals surface area contributed by atoms with Crippen molar-refractivity contribution in [1.82, 2.24) is 9.80 Å². The lowest BCUT2D eigenvalue weighted by atomic mass is 10.3. The predicted octanol–water partition coefficient (Wildman–Crippen LogP) is 0.118. The highest BCUT2D eigenvalue weighted by molar-refractivity contribution is 7.99. The average Bonchev–Trinajstić information content (AvgIpc) is 2.53. The lowest BCUT2D eigenvalue weighted by molar-refractivity contribution is -0.126. The molecule has 2 aliphatic heterocycles. The molecule has 0 spiro atoms. The van der Waals surface area contributed by atoms with E-state index in [4.69, 9.17) is 12.2 Å². The summed E-state index contributed by atoms with van der Waals surface area (Å²) in [7, 11) is 1.74. The molecule has 3 nitrogen and oxygen atoms in total. The van der Waals surface area contributed by atoms with E-state index in [1.807, 2.05) is 4.90 Å². The summed E-state index contributed by atoms with van der Waals surface area (Å²) < 4.78 is 0. The molecule has 0 aromatic heterocycles. The fourth-order valence-electron chi connectivity index (χ4n) is 1.35. The molecule has 0 N–H and O–H groups in total. The van der Waals surface area contributed by atoms with Crippen molar-refractivity contribution in [2.45, 2.75) is 6.04 Å². The van der Waals surface area contributed by atoms with Gasteiger partial charge in [0.25, 0.3) is 5.91 Å². The van der Waals surface area contributed by atoms with Gasteiger partial charge in [-0.15, -0.1) is 11.8 Å². The topological polar surface area (TPSA) is 23.6 Å². The predicted molar refractivity (Wildman–Crippen MR) is 48.3 cm³/mol. The number of amides is 1. The Morgan fingerprint density at radius 2 is 2.45 bits per heavy atom. The minimum absolute atomic E-state index is 0.0394. The number of nitrogens with zero attached hydrogens (tertiary/aromatic N) is 2. The molecule has 5 heteroatoms. The van der Waals surface area contributed by atoms with E-state index in [1.54, 1.807) is 23.7 Å². The first-order valence-electron chi connectivity index (χ1n) is 3.37. The minimum atomic E-state index is 0.0394. The summed E-state index contributed by atoms with van der Waals surface area (Å²) in [6.45, 7) is 0. The third-order valence-corrected chi connectivity index (χ3v) is 3.55. The number of hydrogen-bond acceptors (Lipinski definition) is 3. The zero-order valence-electron chi connectivity index (χ0n) is 6.11. The molecule has 11 heavy (non-hydrogen) atoms. The zero-order chi connectivity index (χ0) is 8.01. The smallest absolute Gasteiger partial charge is 0.252 e. The van der Waals surface area contributed by atoms with Crippen LogP contribution in [0.25, 0.3) is 0 Å². The van der Waals surface area contributed by atoms with Crippen LogP contribution in [0.4, 0.5) is 0 Å². The molecular formula is C6H8N2OS2. The molecule has 0 aromatic rings. The van der Waals surface area contributed by atoms with E-state index in [1.165, 1.54) is 0 Å². The second-order valence-corrected chi connectivity index (χ2v) is 4.03. The number of likely N-dealkylation sites (N-methyl/N-ethyl adjacent to an activating group) is 1. The van der Waals surface area contributed by atoms with Crippen LogP contribution in [0.1, 0.15) is 0 Å². The molecule has 0 radical (unpaired) electrons. The van der Waals surface area contributed by atoms with Crippen molar-refractivity contribution in [3.63, 3.8) is 0 Å². The number of hydrogen-bond donors (Lipinski definition) is 0. The van der Waals surface area contributed by atoms with Crippen LogP contribution >= 0.6 is 24.0 Å². The number of fused-ring (bicyclic) bond motifs is 1. The van der Waals surface area contributed by atoms with E-state index in [0.717, 1.165) is 11.6 Å². The summed E-state index contributed by atoms with van der Waals surface area (Å²) >= 11 is 6.84. The van der Waals surface area contributed by atoms with Crippen molar-refractivity contribution in [1.29, 1.82) is 0 Å². The van der Waals surface area contributed by atoms with Gasteiger partial charge in [-0.25, -0.2) is 0 Å². The van der Waals surface area contributed by atoms with Gasteiger partial charge in [0.15, 0.2) is 5.11 Å². The van der Waals surface area contributed by atoms with Crippen molar-refractivity contribution in [2.24, 2.45) is 0 Å². The Morgan fingerprint density at radius 3 is 3.09 bits per heavy atom. The van der Waals surface area contributed by atoms with Gasteiger partial charge in [0.2, 0.25) is 0 Å².